The molecule has 164 valence electrons. The van der Waals surface area contributed by atoms with Crippen LogP contribution in [0.5, 0.6) is 11.5 Å². The maximum atomic E-state index is 13.0. The predicted molar refractivity (Wildman–Crippen MR) is 108 cm³/mol. The van der Waals surface area contributed by atoms with Crippen LogP contribution < -0.4 is 14.8 Å². The van der Waals surface area contributed by atoms with Crippen LogP contribution >= 0.6 is 0 Å². The molecule has 0 bridgehead atoms. The Bertz CT molecular complexity index is 930. The van der Waals surface area contributed by atoms with Gasteiger partial charge in [-0.3, -0.25) is 4.79 Å². The van der Waals surface area contributed by atoms with Crippen molar-refractivity contribution >= 4 is 25.8 Å². The molecular weight excluding hydrogens is 420 g/mol. The number of hydrogen-bond acceptors (Lipinski definition) is 7. The van der Waals surface area contributed by atoms with E-state index in [0.717, 1.165) is 4.31 Å². The minimum Gasteiger partial charge on any atom is -0.490 e. The third-order valence-corrected chi connectivity index (χ3v) is 8.11. The van der Waals surface area contributed by atoms with Crippen LogP contribution in [-0.2, 0) is 24.7 Å². The Hall–Kier alpha value is -1.85. The van der Waals surface area contributed by atoms with Crippen molar-refractivity contribution in [1.29, 1.82) is 0 Å². The average molecular weight is 449 g/mol. The van der Waals surface area contributed by atoms with Crippen LogP contribution in [0.25, 0.3) is 0 Å². The van der Waals surface area contributed by atoms with E-state index in [4.69, 9.17) is 9.47 Å². The van der Waals surface area contributed by atoms with Gasteiger partial charge in [0.15, 0.2) is 21.3 Å². The molecule has 0 radical (unpaired) electrons. The molecule has 1 atom stereocenters. The van der Waals surface area contributed by atoms with Gasteiger partial charge in [-0.15, -0.1) is 0 Å². The first-order chi connectivity index (χ1) is 13.6. The van der Waals surface area contributed by atoms with Gasteiger partial charge in [0.25, 0.3) is 0 Å². The number of nitrogens with one attached hydrogen (secondary N) is 1. The summed E-state index contributed by atoms with van der Waals surface area (Å²) in [6, 6.07) is 3.84. The molecule has 1 aliphatic heterocycles. The van der Waals surface area contributed by atoms with Crippen molar-refractivity contribution in [1.82, 2.24) is 9.62 Å². The Morgan fingerprint density at radius 2 is 1.83 bits per heavy atom. The Morgan fingerprint density at radius 3 is 2.38 bits per heavy atom. The Kier molecular flexibility index (Phi) is 7.89. The number of likely N-dealkylation sites (N-methyl/N-ethyl adjacent to an activating group) is 1. The number of carbonyl (C=O) groups excluding carboxylic acids is 1. The summed E-state index contributed by atoms with van der Waals surface area (Å²) in [5.41, 5.74) is 0. The van der Waals surface area contributed by atoms with Gasteiger partial charge in [-0.25, -0.2) is 16.8 Å². The molecule has 1 amide bonds. The zero-order valence-corrected chi connectivity index (χ0v) is 18.5. The number of sulfone groups is 1. The van der Waals surface area contributed by atoms with E-state index in [-0.39, 0.29) is 22.9 Å². The van der Waals surface area contributed by atoms with Crippen LogP contribution in [0.2, 0.25) is 0 Å². The number of hydrogen-bond donors (Lipinski definition) is 1. The fourth-order valence-corrected chi connectivity index (χ4v) is 6.14. The van der Waals surface area contributed by atoms with Gasteiger partial charge >= 0.3 is 0 Å². The van der Waals surface area contributed by atoms with E-state index >= 15 is 0 Å². The highest BCUT2D eigenvalue weighted by Gasteiger charge is 2.31. The molecule has 1 fully saturated rings. The van der Waals surface area contributed by atoms with Gasteiger partial charge in [0.05, 0.1) is 36.2 Å². The molecule has 11 heteroatoms. The topological polar surface area (TPSA) is 119 Å². The van der Waals surface area contributed by atoms with Gasteiger partial charge in [-0.05, 0) is 32.4 Å². The van der Waals surface area contributed by atoms with Gasteiger partial charge in [0, 0.05) is 18.7 Å². The number of amides is 1. The van der Waals surface area contributed by atoms with Crippen LogP contribution in [0.4, 0.5) is 0 Å². The molecule has 1 unspecified atom stereocenters. The Morgan fingerprint density at radius 1 is 1.17 bits per heavy atom. The lowest BCUT2D eigenvalue weighted by Crippen LogP contribution is -2.44. The second-order valence-electron chi connectivity index (χ2n) is 6.57. The van der Waals surface area contributed by atoms with Gasteiger partial charge in [-0.1, -0.05) is 6.92 Å². The summed E-state index contributed by atoms with van der Waals surface area (Å²) in [6.45, 7) is 5.65. The van der Waals surface area contributed by atoms with Crippen LogP contribution in [0.3, 0.4) is 0 Å². The predicted octanol–water partition coefficient (Wildman–Crippen LogP) is 0.798. The SMILES string of the molecule is CCOc1ccc(S(=O)(=O)N(CC)CC(=O)NC2CCS(=O)(=O)C2)cc1OCC. The van der Waals surface area contributed by atoms with Gasteiger partial charge in [0.2, 0.25) is 15.9 Å². The molecule has 1 saturated heterocycles. The third-order valence-electron chi connectivity index (χ3n) is 4.42. The van der Waals surface area contributed by atoms with E-state index in [9.17, 15) is 21.6 Å². The number of ether oxygens (including phenoxy) is 2. The van der Waals surface area contributed by atoms with Gasteiger partial charge in [-0.2, -0.15) is 4.31 Å². The molecule has 0 saturated carbocycles. The highest BCUT2D eigenvalue weighted by molar-refractivity contribution is 7.91. The van der Waals surface area contributed by atoms with Crippen molar-refractivity contribution in [3.05, 3.63) is 18.2 Å². The second kappa shape index (κ2) is 9.77. The van der Waals surface area contributed by atoms with E-state index in [1.54, 1.807) is 13.8 Å². The molecule has 2 rings (SSSR count). The van der Waals surface area contributed by atoms with Crippen molar-refractivity contribution in [2.45, 2.75) is 38.1 Å². The van der Waals surface area contributed by atoms with Crippen molar-refractivity contribution in [2.24, 2.45) is 0 Å². The van der Waals surface area contributed by atoms with E-state index in [0.29, 0.717) is 31.1 Å². The summed E-state index contributed by atoms with van der Waals surface area (Å²) >= 11 is 0. The van der Waals surface area contributed by atoms with E-state index in [2.05, 4.69) is 5.32 Å². The first kappa shape index (κ1) is 23.4. The largest absolute Gasteiger partial charge is 0.490 e. The third kappa shape index (κ3) is 6.06. The fourth-order valence-electron chi connectivity index (χ4n) is 3.05. The standard InChI is InChI=1S/C18H28N2O7S2/c1-4-20(12-18(21)19-14-9-10-28(22,23)13-14)29(24,25)15-7-8-16(26-5-2)17(11-15)27-6-3/h7-8,11,14H,4-6,9-10,12-13H2,1-3H3,(H,19,21). The first-order valence-corrected chi connectivity index (χ1v) is 12.8. The van der Waals surface area contributed by atoms with Crippen molar-refractivity contribution in [3.8, 4) is 11.5 Å². The summed E-state index contributed by atoms with van der Waals surface area (Å²) in [6.07, 6.45) is 0.337. The summed E-state index contributed by atoms with van der Waals surface area (Å²) < 4.78 is 61.1. The van der Waals surface area contributed by atoms with Crippen molar-refractivity contribution in [3.63, 3.8) is 0 Å². The summed E-state index contributed by atoms with van der Waals surface area (Å²) in [5.74, 6) is 0.131. The van der Waals surface area contributed by atoms with Crippen molar-refractivity contribution < 1.29 is 31.1 Å². The van der Waals surface area contributed by atoms with Crippen LogP contribution in [0.15, 0.2) is 23.1 Å². The average Bonchev–Trinajstić information content (AvgIpc) is 2.99. The maximum absolute atomic E-state index is 13.0. The molecule has 0 aromatic heterocycles. The zero-order chi connectivity index (χ0) is 21.7. The number of carbonyl (C=O) groups is 1. The lowest BCUT2D eigenvalue weighted by molar-refractivity contribution is -0.121. The lowest BCUT2D eigenvalue weighted by Gasteiger charge is -2.22. The number of rotatable bonds is 10. The molecule has 0 aliphatic carbocycles. The van der Waals surface area contributed by atoms with E-state index in [1.165, 1.54) is 18.2 Å². The monoisotopic (exact) mass is 448 g/mol. The van der Waals surface area contributed by atoms with Crippen LogP contribution in [0, 0.1) is 0 Å². The normalized spacial score (nSPS) is 18.6. The minimum atomic E-state index is -3.96. The molecule has 29 heavy (non-hydrogen) atoms. The number of benzene rings is 1. The maximum Gasteiger partial charge on any atom is 0.243 e. The molecular formula is C18H28N2O7S2. The van der Waals surface area contributed by atoms with Crippen LogP contribution in [0.1, 0.15) is 27.2 Å². The summed E-state index contributed by atoms with van der Waals surface area (Å²) in [4.78, 5) is 12.3. The minimum absolute atomic E-state index is 0.0116. The number of nitrogens with zero attached hydrogens (tertiary/aromatic N) is 1. The van der Waals surface area contributed by atoms with E-state index in [1.807, 2.05) is 6.92 Å². The first-order valence-electron chi connectivity index (χ1n) is 9.52. The Balaban J connectivity index is 2.16. The molecule has 1 N–H and O–H groups in total. The molecule has 9 nitrogen and oxygen atoms in total. The second-order valence-corrected chi connectivity index (χ2v) is 10.7. The van der Waals surface area contributed by atoms with Gasteiger partial charge < -0.3 is 14.8 Å². The lowest BCUT2D eigenvalue weighted by atomic mass is 10.2. The molecule has 1 aromatic rings. The van der Waals surface area contributed by atoms with E-state index < -0.39 is 38.4 Å². The zero-order valence-electron chi connectivity index (χ0n) is 16.9. The quantitative estimate of drug-likeness (QED) is 0.562. The van der Waals surface area contributed by atoms with Gasteiger partial charge in [0.1, 0.15) is 0 Å². The molecule has 0 spiro atoms. The smallest absolute Gasteiger partial charge is 0.243 e. The molecule has 1 aliphatic rings. The fraction of sp³-hybridized carbons (Fsp3) is 0.611. The number of sulfonamides is 1. The highest BCUT2D eigenvalue weighted by Crippen LogP contribution is 2.31. The molecule has 1 aromatic carbocycles. The summed E-state index contributed by atoms with van der Waals surface area (Å²) in [5, 5.41) is 2.61. The van der Waals surface area contributed by atoms with Crippen LogP contribution in [-0.4, -0.2) is 70.9 Å². The van der Waals surface area contributed by atoms with Crippen molar-refractivity contribution in [2.75, 3.05) is 37.8 Å². The summed E-state index contributed by atoms with van der Waals surface area (Å²) in [7, 11) is -7.09. The highest BCUT2D eigenvalue weighted by atomic mass is 32.2. The Labute approximate surface area is 172 Å². The molecule has 1 heterocycles.